The maximum absolute atomic E-state index is 13.7. The van der Waals surface area contributed by atoms with Crippen molar-refractivity contribution in [3.8, 4) is 11.4 Å². The number of halogens is 2. The fourth-order valence-electron chi connectivity index (χ4n) is 2.36. The van der Waals surface area contributed by atoms with Crippen molar-refractivity contribution in [2.75, 3.05) is 6.54 Å². The second-order valence-corrected chi connectivity index (χ2v) is 6.10. The van der Waals surface area contributed by atoms with Crippen molar-refractivity contribution in [1.29, 1.82) is 0 Å². The minimum Gasteiger partial charge on any atom is -0.357 e. The van der Waals surface area contributed by atoms with Gasteiger partial charge in [-0.05, 0) is 25.1 Å². The lowest BCUT2D eigenvalue weighted by molar-refractivity contribution is 0.375. The van der Waals surface area contributed by atoms with E-state index in [1.54, 1.807) is 30.3 Å². The average Bonchev–Trinajstić information content (AvgIpc) is 3.14. The zero-order valence-corrected chi connectivity index (χ0v) is 15.5. The average molecular weight is 388 g/mol. The van der Waals surface area contributed by atoms with Crippen LogP contribution in [0.5, 0.6) is 0 Å². The summed E-state index contributed by atoms with van der Waals surface area (Å²) in [5, 5.41) is 10.8. The van der Waals surface area contributed by atoms with E-state index in [0.29, 0.717) is 34.8 Å². The third-order valence-electron chi connectivity index (χ3n) is 3.67. The Morgan fingerprint density at radius 3 is 2.81 bits per heavy atom. The molecule has 0 aliphatic rings. The predicted octanol–water partition coefficient (Wildman–Crippen LogP) is 3.78. The number of benzene rings is 2. The van der Waals surface area contributed by atoms with Crippen LogP contribution >= 0.6 is 11.6 Å². The number of nitrogens with one attached hydrogen (secondary N) is 2. The van der Waals surface area contributed by atoms with Gasteiger partial charge in [-0.1, -0.05) is 47.1 Å². The highest BCUT2D eigenvalue weighted by molar-refractivity contribution is 6.30. The summed E-state index contributed by atoms with van der Waals surface area (Å²) in [6.45, 7) is 3.13. The van der Waals surface area contributed by atoms with Gasteiger partial charge in [0.25, 0.3) is 0 Å². The van der Waals surface area contributed by atoms with Gasteiger partial charge in [-0.2, -0.15) is 4.98 Å². The zero-order valence-electron chi connectivity index (χ0n) is 14.7. The monoisotopic (exact) mass is 387 g/mol. The molecule has 0 aliphatic heterocycles. The molecule has 140 valence electrons. The number of hydrogen-bond acceptors (Lipinski definition) is 4. The van der Waals surface area contributed by atoms with Crippen molar-refractivity contribution in [3.63, 3.8) is 0 Å². The van der Waals surface area contributed by atoms with Crippen LogP contribution in [0.1, 0.15) is 18.4 Å². The van der Waals surface area contributed by atoms with Crippen LogP contribution in [0.4, 0.5) is 4.39 Å². The molecule has 0 radical (unpaired) electrons. The fraction of sp³-hybridized carbons (Fsp3) is 0.211. The smallest absolute Gasteiger partial charge is 0.246 e. The lowest BCUT2D eigenvalue weighted by atomic mass is 10.2. The van der Waals surface area contributed by atoms with E-state index in [1.165, 1.54) is 6.07 Å². The number of rotatable bonds is 6. The van der Waals surface area contributed by atoms with E-state index in [9.17, 15) is 4.39 Å². The third kappa shape index (κ3) is 5.27. The van der Waals surface area contributed by atoms with E-state index in [4.69, 9.17) is 16.1 Å². The van der Waals surface area contributed by atoms with E-state index in [1.807, 2.05) is 19.1 Å². The first-order chi connectivity index (χ1) is 13.2. The number of aliphatic imine (C=N–C) groups is 1. The molecule has 3 aromatic rings. The summed E-state index contributed by atoms with van der Waals surface area (Å²) >= 11 is 5.99. The Kier molecular flexibility index (Phi) is 6.38. The van der Waals surface area contributed by atoms with Gasteiger partial charge in [-0.15, -0.1) is 0 Å². The van der Waals surface area contributed by atoms with Crippen LogP contribution in [0.25, 0.3) is 11.4 Å². The molecule has 0 spiro atoms. The van der Waals surface area contributed by atoms with Crippen LogP contribution in [0.15, 0.2) is 58.0 Å². The van der Waals surface area contributed by atoms with Crippen LogP contribution in [-0.2, 0) is 13.1 Å². The Hall–Kier alpha value is -2.93. The molecular weight excluding hydrogens is 369 g/mol. The van der Waals surface area contributed by atoms with Crippen LogP contribution in [-0.4, -0.2) is 22.6 Å². The molecule has 0 saturated carbocycles. The van der Waals surface area contributed by atoms with Gasteiger partial charge in [0.05, 0.1) is 13.1 Å². The first-order valence-electron chi connectivity index (χ1n) is 8.50. The van der Waals surface area contributed by atoms with Crippen molar-refractivity contribution in [2.24, 2.45) is 4.99 Å². The Balaban J connectivity index is 1.64. The van der Waals surface area contributed by atoms with Crippen LogP contribution in [0.3, 0.4) is 0 Å². The molecule has 0 atom stereocenters. The molecule has 1 aromatic heterocycles. The van der Waals surface area contributed by atoms with Crippen LogP contribution < -0.4 is 10.6 Å². The SMILES string of the molecule is CCNC(=NCc1ccccc1F)NCc1nc(-c2cccc(Cl)c2)no1. The minimum absolute atomic E-state index is 0.222. The van der Waals surface area contributed by atoms with E-state index in [-0.39, 0.29) is 18.9 Å². The predicted molar refractivity (Wildman–Crippen MR) is 103 cm³/mol. The highest BCUT2D eigenvalue weighted by atomic mass is 35.5. The molecule has 3 rings (SSSR count). The molecule has 2 N–H and O–H groups in total. The standard InChI is InChI=1S/C19H19ClFN5O/c1-2-22-19(23-11-14-6-3-4-9-16(14)21)24-12-17-25-18(26-27-17)13-7-5-8-15(20)10-13/h3-10H,2,11-12H2,1H3,(H2,22,23,24). The fourth-order valence-corrected chi connectivity index (χ4v) is 2.55. The first kappa shape index (κ1) is 18.8. The number of aromatic nitrogens is 2. The summed E-state index contributed by atoms with van der Waals surface area (Å²) in [4.78, 5) is 8.73. The summed E-state index contributed by atoms with van der Waals surface area (Å²) in [6, 6.07) is 13.8. The quantitative estimate of drug-likeness (QED) is 0.497. The molecule has 0 aliphatic carbocycles. The van der Waals surface area contributed by atoms with E-state index in [0.717, 1.165) is 5.56 Å². The highest BCUT2D eigenvalue weighted by Crippen LogP contribution is 2.19. The van der Waals surface area contributed by atoms with Gasteiger partial charge < -0.3 is 15.2 Å². The molecule has 0 fully saturated rings. The van der Waals surface area contributed by atoms with Gasteiger partial charge in [0.15, 0.2) is 5.96 Å². The van der Waals surface area contributed by atoms with Gasteiger partial charge in [-0.3, -0.25) is 0 Å². The molecule has 27 heavy (non-hydrogen) atoms. The topological polar surface area (TPSA) is 75.3 Å². The Bertz CT molecular complexity index is 928. The molecular formula is C19H19ClFN5O. The number of guanidine groups is 1. The molecule has 0 unspecified atom stereocenters. The highest BCUT2D eigenvalue weighted by Gasteiger charge is 2.10. The normalized spacial score (nSPS) is 11.4. The van der Waals surface area contributed by atoms with Crippen molar-refractivity contribution < 1.29 is 8.91 Å². The number of hydrogen-bond donors (Lipinski definition) is 2. The van der Waals surface area contributed by atoms with Gasteiger partial charge in [-0.25, -0.2) is 9.38 Å². The number of nitrogens with zero attached hydrogens (tertiary/aromatic N) is 3. The summed E-state index contributed by atoms with van der Waals surface area (Å²) in [5.74, 6) is 1.12. The molecule has 0 bridgehead atoms. The molecule has 6 nitrogen and oxygen atoms in total. The van der Waals surface area contributed by atoms with Crippen molar-refractivity contribution in [3.05, 3.63) is 70.8 Å². The van der Waals surface area contributed by atoms with E-state index >= 15 is 0 Å². The maximum atomic E-state index is 13.7. The Morgan fingerprint density at radius 1 is 1.19 bits per heavy atom. The second-order valence-electron chi connectivity index (χ2n) is 5.66. The van der Waals surface area contributed by atoms with Crippen LogP contribution in [0.2, 0.25) is 5.02 Å². The van der Waals surface area contributed by atoms with E-state index in [2.05, 4.69) is 25.8 Å². The Labute approximate surface area is 161 Å². The van der Waals surface area contributed by atoms with Gasteiger partial charge in [0.1, 0.15) is 5.82 Å². The summed E-state index contributed by atoms with van der Waals surface area (Å²) < 4.78 is 19.0. The zero-order chi connectivity index (χ0) is 19.1. The summed E-state index contributed by atoms with van der Waals surface area (Å²) in [6.07, 6.45) is 0. The van der Waals surface area contributed by atoms with E-state index < -0.39 is 0 Å². The first-order valence-corrected chi connectivity index (χ1v) is 8.87. The molecule has 2 aromatic carbocycles. The largest absolute Gasteiger partial charge is 0.357 e. The minimum atomic E-state index is -0.278. The van der Waals surface area contributed by atoms with Crippen LogP contribution in [0, 0.1) is 5.82 Å². The lowest BCUT2D eigenvalue weighted by Crippen LogP contribution is -2.36. The summed E-state index contributed by atoms with van der Waals surface area (Å²) in [7, 11) is 0. The molecule has 0 amide bonds. The van der Waals surface area contributed by atoms with Crippen molar-refractivity contribution in [2.45, 2.75) is 20.0 Å². The second kappa shape index (κ2) is 9.14. The van der Waals surface area contributed by atoms with Crippen molar-refractivity contribution >= 4 is 17.6 Å². The third-order valence-corrected chi connectivity index (χ3v) is 3.90. The van der Waals surface area contributed by atoms with Crippen molar-refractivity contribution in [1.82, 2.24) is 20.8 Å². The van der Waals surface area contributed by atoms with Gasteiger partial charge in [0, 0.05) is 22.7 Å². The molecule has 8 heteroatoms. The molecule has 1 heterocycles. The Morgan fingerprint density at radius 2 is 2.04 bits per heavy atom. The maximum Gasteiger partial charge on any atom is 0.246 e. The lowest BCUT2D eigenvalue weighted by Gasteiger charge is -2.09. The summed E-state index contributed by atoms with van der Waals surface area (Å²) in [5.41, 5.74) is 1.30. The molecule has 0 saturated heterocycles. The van der Waals surface area contributed by atoms with Gasteiger partial charge in [0.2, 0.25) is 11.7 Å². The van der Waals surface area contributed by atoms with Gasteiger partial charge >= 0.3 is 0 Å².